The first-order valence-electron chi connectivity index (χ1n) is 7.62. The van der Waals surface area contributed by atoms with Gasteiger partial charge in [0.15, 0.2) is 0 Å². The van der Waals surface area contributed by atoms with Crippen LogP contribution in [0.15, 0.2) is 30.6 Å². The minimum Gasteiger partial charge on any atom is -0.497 e. The topological polar surface area (TPSA) is 85.4 Å². The van der Waals surface area contributed by atoms with Gasteiger partial charge in [-0.3, -0.25) is 4.79 Å². The second-order valence-electron chi connectivity index (χ2n) is 5.58. The lowest BCUT2D eigenvalue weighted by atomic mass is 10.2. The molecule has 128 valence electrons. The molecule has 0 radical (unpaired) electrons. The van der Waals surface area contributed by atoms with Gasteiger partial charge in [-0.05, 0) is 18.1 Å². The van der Waals surface area contributed by atoms with Gasteiger partial charge in [0.05, 0.1) is 19.9 Å². The Bertz CT molecular complexity index is 704. The Morgan fingerprint density at radius 3 is 2.62 bits per heavy atom. The van der Waals surface area contributed by atoms with Crippen LogP contribution in [-0.2, 0) is 0 Å². The molecule has 0 bridgehead atoms. The zero-order valence-corrected chi connectivity index (χ0v) is 14.3. The Morgan fingerprint density at radius 1 is 1.17 bits per heavy atom. The molecule has 1 heterocycles. The Labute approximate surface area is 141 Å². The van der Waals surface area contributed by atoms with Gasteiger partial charge in [-0.25, -0.2) is 9.97 Å². The number of carbonyl (C=O) groups is 1. The van der Waals surface area contributed by atoms with Crippen LogP contribution in [-0.4, -0.2) is 36.6 Å². The molecule has 1 aromatic carbocycles. The van der Waals surface area contributed by atoms with Gasteiger partial charge in [-0.2, -0.15) is 0 Å². The first-order valence-corrected chi connectivity index (χ1v) is 7.62. The Balaban J connectivity index is 2.13. The molecule has 7 heteroatoms. The van der Waals surface area contributed by atoms with Crippen molar-refractivity contribution < 1.29 is 14.3 Å². The van der Waals surface area contributed by atoms with Crippen molar-refractivity contribution in [3.63, 3.8) is 0 Å². The fraction of sp³-hybridized carbons (Fsp3) is 0.353. The molecule has 0 spiro atoms. The lowest BCUT2D eigenvalue weighted by Crippen LogP contribution is -2.16. The van der Waals surface area contributed by atoms with Crippen LogP contribution >= 0.6 is 0 Å². The van der Waals surface area contributed by atoms with E-state index in [2.05, 4.69) is 34.4 Å². The Morgan fingerprint density at radius 2 is 1.96 bits per heavy atom. The van der Waals surface area contributed by atoms with E-state index in [1.54, 1.807) is 31.4 Å². The third-order valence-corrected chi connectivity index (χ3v) is 3.25. The van der Waals surface area contributed by atoms with Crippen molar-refractivity contribution in [1.29, 1.82) is 0 Å². The maximum Gasteiger partial charge on any atom is 0.274 e. The SMILES string of the molecule is COc1ccc(NC(=O)c2cc(NCC(C)C)ncn2)c(OC)c1. The van der Waals surface area contributed by atoms with Gasteiger partial charge in [0, 0.05) is 18.7 Å². The van der Waals surface area contributed by atoms with Crippen LogP contribution < -0.4 is 20.1 Å². The summed E-state index contributed by atoms with van der Waals surface area (Å²) >= 11 is 0. The minimum atomic E-state index is -0.339. The predicted molar refractivity (Wildman–Crippen MR) is 92.9 cm³/mol. The van der Waals surface area contributed by atoms with Crippen molar-refractivity contribution in [1.82, 2.24) is 9.97 Å². The van der Waals surface area contributed by atoms with Crippen molar-refractivity contribution in [2.45, 2.75) is 13.8 Å². The van der Waals surface area contributed by atoms with Crippen LogP contribution in [0.3, 0.4) is 0 Å². The molecule has 2 rings (SSSR count). The summed E-state index contributed by atoms with van der Waals surface area (Å²) in [6.45, 7) is 4.96. The van der Waals surface area contributed by atoms with Crippen molar-refractivity contribution in [2.24, 2.45) is 5.92 Å². The van der Waals surface area contributed by atoms with E-state index < -0.39 is 0 Å². The summed E-state index contributed by atoms with van der Waals surface area (Å²) in [6, 6.07) is 6.78. The summed E-state index contributed by atoms with van der Waals surface area (Å²) < 4.78 is 10.4. The van der Waals surface area contributed by atoms with Crippen molar-refractivity contribution in [2.75, 3.05) is 31.4 Å². The zero-order chi connectivity index (χ0) is 17.5. The minimum absolute atomic E-state index is 0.272. The molecular formula is C17H22N4O3. The molecule has 0 aliphatic carbocycles. The number of nitrogens with zero attached hydrogens (tertiary/aromatic N) is 2. The van der Waals surface area contributed by atoms with E-state index >= 15 is 0 Å². The number of anilines is 2. The highest BCUT2D eigenvalue weighted by molar-refractivity contribution is 6.04. The summed E-state index contributed by atoms with van der Waals surface area (Å²) in [5.41, 5.74) is 0.813. The summed E-state index contributed by atoms with van der Waals surface area (Å²) in [6.07, 6.45) is 1.36. The molecule has 2 aromatic rings. The quantitative estimate of drug-likeness (QED) is 0.812. The summed E-state index contributed by atoms with van der Waals surface area (Å²) in [4.78, 5) is 20.5. The monoisotopic (exact) mass is 330 g/mol. The number of methoxy groups -OCH3 is 2. The average molecular weight is 330 g/mol. The van der Waals surface area contributed by atoms with E-state index in [0.717, 1.165) is 6.54 Å². The number of carbonyl (C=O) groups excluding carboxylic acids is 1. The lowest BCUT2D eigenvalue weighted by molar-refractivity contribution is 0.102. The molecule has 7 nitrogen and oxygen atoms in total. The number of amides is 1. The molecule has 0 aliphatic rings. The molecule has 0 atom stereocenters. The highest BCUT2D eigenvalue weighted by Crippen LogP contribution is 2.29. The van der Waals surface area contributed by atoms with Crippen LogP contribution in [0, 0.1) is 5.92 Å². The maximum atomic E-state index is 12.4. The second kappa shape index (κ2) is 8.14. The van der Waals surface area contributed by atoms with Crippen LogP contribution in [0.2, 0.25) is 0 Å². The van der Waals surface area contributed by atoms with Gasteiger partial charge in [-0.1, -0.05) is 13.8 Å². The molecule has 0 unspecified atom stereocenters. The molecule has 0 saturated carbocycles. The van der Waals surface area contributed by atoms with Gasteiger partial charge in [0.2, 0.25) is 0 Å². The fourth-order valence-electron chi connectivity index (χ4n) is 1.97. The van der Waals surface area contributed by atoms with E-state index in [4.69, 9.17) is 9.47 Å². The summed E-state index contributed by atoms with van der Waals surface area (Å²) in [5, 5.41) is 5.95. The molecular weight excluding hydrogens is 308 g/mol. The molecule has 1 amide bonds. The van der Waals surface area contributed by atoms with Crippen molar-refractivity contribution >= 4 is 17.4 Å². The lowest BCUT2D eigenvalue weighted by Gasteiger charge is -2.12. The van der Waals surface area contributed by atoms with Crippen LogP contribution in [0.5, 0.6) is 11.5 Å². The summed E-state index contributed by atoms with van der Waals surface area (Å²) in [7, 11) is 3.10. The Kier molecular flexibility index (Phi) is 5.95. The smallest absolute Gasteiger partial charge is 0.274 e. The molecule has 0 fully saturated rings. The number of hydrogen-bond donors (Lipinski definition) is 2. The zero-order valence-electron chi connectivity index (χ0n) is 14.3. The number of hydrogen-bond acceptors (Lipinski definition) is 6. The van der Waals surface area contributed by atoms with Crippen LogP contribution in [0.4, 0.5) is 11.5 Å². The second-order valence-corrected chi connectivity index (χ2v) is 5.58. The van der Waals surface area contributed by atoms with Gasteiger partial charge in [0.25, 0.3) is 5.91 Å². The van der Waals surface area contributed by atoms with Crippen molar-refractivity contribution in [3.8, 4) is 11.5 Å². The first kappa shape index (κ1) is 17.5. The molecule has 2 N–H and O–H groups in total. The van der Waals surface area contributed by atoms with Gasteiger partial charge in [-0.15, -0.1) is 0 Å². The summed E-state index contributed by atoms with van der Waals surface area (Å²) in [5.74, 6) is 1.90. The van der Waals surface area contributed by atoms with E-state index in [1.165, 1.54) is 13.4 Å². The molecule has 0 aliphatic heterocycles. The maximum absolute atomic E-state index is 12.4. The number of benzene rings is 1. The van der Waals surface area contributed by atoms with E-state index in [1.807, 2.05) is 0 Å². The average Bonchev–Trinajstić information content (AvgIpc) is 2.60. The normalized spacial score (nSPS) is 10.4. The van der Waals surface area contributed by atoms with E-state index in [-0.39, 0.29) is 11.6 Å². The highest BCUT2D eigenvalue weighted by Gasteiger charge is 2.13. The van der Waals surface area contributed by atoms with Gasteiger partial charge < -0.3 is 20.1 Å². The van der Waals surface area contributed by atoms with Crippen molar-refractivity contribution in [3.05, 3.63) is 36.3 Å². The number of nitrogens with one attached hydrogen (secondary N) is 2. The number of rotatable bonds is 7. The van der Waals surface area contributed by atoms with E-state index in [9.17, 15) is 4.79 Å². The highest BCUT2D eigenvalue weighted by atomic mass is 16.5. The molecule has 0 saturated heterocycles. The predicted octanol–water partition coefficient (Wildman–Crippen LogP) is 2.81. The number of ether oxygens (including phenoxy) is 2. The Hall–Kier alpha value is -2.83. The molecule has 1 aromatic heterocycles. The van der Waals surface area contributed by atoms with E-state index in [0.29, 0.717) is 28.9 Å². The van der Waals surface area contributed by atoms with Gasteiger partial charge in [0.1, 0.15) is 29.3 Å². The molecule has 24 heavy (non-hydrogen) atoms. The van der Waals surface area contributed by atoms with Gasteiger partial charge >= 0.3 is 0 Å². The number of aromatic nitrogens is 2. The largest absolute Gasteiger partial charge is 0.497 e. The first-order chi connectivity index (χ1) is 11.5. The fourth-order valence-corrected chi connectivity index (χ4v) is 1.97. The standard InChI is InChI=1S/C17H22N4O3/c1-11(2)9-18-16-8-14(19-10-20-16)17(22)21-13-6-5-12(23-3)7-15(13)24-4/h5-8,10-11H,9H2,1-4H3,(H,21,22)(H,18,19,20). The van der Waals surface area contributed by atoms with Crippen LogP contribution in [0.1, 0.15) is 24.3 Å². The third-order valence-electron chi connectivity index (χ3n) is 3.25. The third kappa shape index (κ3) is 4.58. The van der Waals surface area contributed by atoms with Crippen LogP contribution in [0.25, 0.3) is 0 Å².